The number of aromatic nitrogens is 1. The summed E-state index contributed by atoms with van der Waals surface area (Å²) in [5.74, 6) is -0.899. The lowest BCUT2D eigenvalue weighted by molar-refractivity contribution is -0.144. The van der Waals surface area contributed by atoms with Crippen molar-refractivity contribution in [3.63, 3.8) is 0 Å². The number of nitrogens with zero attached hydrogens (tertiary/aromatic N) is 2. The number of thiazole rings is 1. The molecule has 2 unspecified atom stereocenters. The van der Waals surface area contributed by atoms with Gasteiger partial charge < -0.3 is 35.1 Å². The summed E-state index contributed by atoms with van der Waals surface area (Å²) in [6.45, 7) is 10.3. The maximum atomic E-state index is 13.7. The monoisotopic (exact) mass is 631 g/mol. The highest BCUT2D eigenvalue weighted by molar-refractivity contribution is 7.13. The number of amides is 4. The largest absolute Gasteiger partial charge is 0.377 e. The van der Waals surface area contributed by atoms with E-state index in [4.69, 9.17) is 14.2 Å². The Hall–Kier alpha value is -3.39. The van der Waals surface area contributed by atoms with E-state index in [1.807, 2.05) is 57.5 Å². The number of ether oxygens (including phenoxy) is 3. The molecule has 4 amide bonds. The first-order valence-corrected chi connectivity index (χ1v) is 15.8. The predicted molar refractivity (Wildman–Crippen MR) is 167 cm³/mol. The van der Waals surface area contributed by atoms with Gasteiger partial charge in [0.1, 0.15) is 18.7 Å². The molecule has 1 aliphatic rings. The first-order chi connectivity index (χ1) is 21.1. The fraction of sp³-hybridized carbons (Fsp3) is 0.581. The minimum absolute atomic E-state index is 0.205. The quantitative estimate of drug-likeness (QED) is 0.167. The summed E-state index contributed by atoms with van der Waals surface area (Å²) in [4.78, 5) is 56.8. The molecule has 242 valence electrons. The molecule has 1 fully saturated rings. The average molecular weight is 632 g/mol. The van der Waals surface area contributed by atoms with Crippen LogP contribution in [0.25, 0.3) is 10.4 Å². The van der Waals surface area contributed by atoms with Crippen LogP contribution in [0, 0.1) is 12.3 Å². The summed E-state index contributed by atoms with van der Waals surface area (Å²) in [6.07, 6.45) is 1.89. The van der Waals surface area contributed by atoms with Crippen molar-refractivity contribution >= 4 is 35.5 Å². The Labute approximate surface area is 263 Å². The fourth-order valence-corrected chi connectivity index (χ4v) is 5.59. The SMILES string of the molecule is Cc1ncsc1-c1ccc(CNC(=O)C2CCCN2C(=O)C(NC(=O)COCCOCCOCCNC=O)C(C)(C)C)cc1. The normalized spacial score (nSPS) is 15.5. The Morgan fingerprint density at radius 2 is 1.75 bits per heavy atom. The molecule has 1 saturated heterocycles. The van der Waals surface area contributed by atoms with Gasteiger partial charge in [0, 0.05) is 19.6 Å². The summed E-state index contributed by atoms with van der Waals surface area (Å²) in [5.41, 5.74) is 4.28. The molecule has 0 spiro atoms. The third kappa shape index (κ3) is 11.0. The maximum absolute atomic E-state index is 13.7. The van der Waals surface area contributed by atoms with Crippen LogP contribution < -0.4 is 16.0 Å². The highest BCUT2D eigenvalue weighted by atomic mass is 32.1. The Bertz CT molecular complexity index is 1210. The summed E-state index contributed by atoms with van der Waals surface area (Å²) >= 11 is 1.59. The zero-order chi connectivity index (χ0) is 32.0. The molecule has 1 aromatic carbocycles. The zero-order valence-electron chi connectivity index (χ0n) is 26.1. The minimum atomic E-state index is -0.822. The lowest BCUT2D eigenvalue weighted by atomic mass is 9.85. The van der Waals surface area contributed by atoms with Gasteiger partial charge in [0.25, 0.3) is 0 Å². The molecule has 13 heteroatoms. The van der Waals surface area contributed by atoms with Gasteiger partial charge in [0.05, 0.1) is 49.1 Å². The van der Waals surface area contributed by atoms with Crippen molar-refractivity contribution in [1.29, 1.82) is 0 Å². The molecule has 12 nitrogen and oxygen atoms in total. The number of hydrogen-bond donors (Lipinski definition) is 3. The zero-order valence-corrected chi connectivity index (χ0v) is 26.9. The highest BCUT2D eigenvalue weighted by Gasteiger charge is 2.41. The number of carbonyl (C=O) groups is 4. The Balaban J connectivity index is 1.44. The third-order valence-electron chi connectivity index (χ3n) is 7.14. The first-order valence-electron chi connectivity index (χ1n) is 14.9. The summed E-state index contributed by atoms with van der Waals surface area (Å²) < 4.78 is 16.1. The smallest absolute Gasteiger partial charge is 0.246 e. The van der Waals surface area contributed by atoms with E-state index in [0.29, 0.717) is 58.7 Å². The van der Waals surface area contributed by atoms with Crippen LogP contribution in [0.3, 0.4) is 0 Å². The van der Waals surface area contributed by atoms with E-state index in [1.165, 1.54) is 0 Å². The van der Waals surface area contributed by atoms with Crippen molar-refractivity contribution in [2.75, 3.05) is 52.7 Å². The summed E-state index contributed by atoms with van der Waals surface area (Å²) in [7, 11) is 0. The van der Waals surface area contributed by atoms with Gasteiger partial charge in [-0.1, -0.05) is 45.0 Å². The lowest BCUT2D eigenvalue weighted by Gasteiger charge is -2.35. The standard InChI is InChI=1S/C31H45N5O7S/c1-22-27(44-21-34-22)24-9-7-23(8-10-24)18-33-29(39)25-6-5-12-36(25)30(40)28(31(2,3)4)35-26(38)19-43-17-16-42-15-14-41-13-11-32-20-37/h7-10,20-21,25,28H,5-6,11-19H2,1-4H3,(H,32,37)(H,33,39)(H,35,38). The van der Waals surface area contributed by atoms with Gasteiger partial charge >= 0.3 is 0 Å². The van der Waals surface area contributed by atoms with Gasteiger partial charge in [-0.2, -0.15) is 0 Å². The molecule has 2 heterocycles. The molecule has 2 atom stereocenters. The van der Waals surface area contributed by atoms with Gasteiger partial charge in [-0.3, -0.25) is 19.2 Å². The van der Waals surface area contributed by atoms with Crippen LogP contribution >= 0.6 is 11.3 Å². The number of rotatable bonds is 18. The molecule has 2 aromatic rings. The van der Waals surface area contributed by atoms with Gasteiger partial charge in [-0.05, 0) is 36.3 Å². The van der Waals surface area contributed by atoms with Crippen LogP contribution in [0.2, 0.25) is 0 Å². The number of hydrogen-bond acceptors (Lipinski definition) is 9. The highest BCUT2D eigenvalue weighted by Crippen LogP contribution is 2.28. The molecule has 0 bridgehead atoms. The molecule has 3 N–H and O–H groups in total. The predicted octanol–water partition coefficient (Wildman–Crippen LogP) is 2.05. The number of benzene rings is 1. The number of carbonyl (C=O) groups excluding carboxylic acids is 4. The van der Waals surface area contributed by atoms with Crippen molar-refractivity contribution in [1.82, 2.24) is 25.8 Å². The van der Waals surface area contributed by atoms with E-state index < -0.39 is 23.4 Å². The van der Waals surface area contributed by atoms with Crippen LogP contribution in [0.5, 0.6) is 0 Å². The van der Waals surface area contributed by atoms with E-state index in [1.54, 1.807) is 16.2 Å². The van der Waals surface area contributed by atoms with Crippen LogP contribution in [0.4, 0.5) is 0 Å². The number of likely N-dealkylation sites (tertiary alicyclic amines) is 1. The minimum Gasteiger partial charge on any atom is -0.377 e. The third-order valence-corrected chi connectivity index (χ3v) is 8.11. The second-order valence-corrected chi connectivity index (χ2v) is 12.4. The summed E-state index contributed by atoms with van der Waals surface area (Å²) in [6, 6.07) is 6.60. The summed E-state index contributed by atoms with van der Waals surface area (Å²) in [5, 5.41) is 8.31. The van der Waals surface area contributed by atoms with Crippen molar-refractivity contribution in [2.24, 2.45) is 5.41 Å². The second kappa shape index (κ2) is 17.8. The molecular weight excluding hydrogens is 586 g/mol. The molecule has 1 aromatic heterocycles. The molecule has 0 radical (unpaired) electrons. The van der Waals surface area contributed by atoms with Crippen LogP contribution in [0.1, 0.15) is 44.9 Å². The van der Waals surface area contributed by atoms with Gasteiger partial charge in [-0.25, -0.2) is 4.98 Å². The van der Waals surface area contributed by atoms with E-state index in [-0.39, 0.29) is 31.6 Å². The number of aryl methyl sites for hydroxylation is 1. The molecule has 1 aliphatic heterocycles. The molecule has 0 saturated carbocycles. The number of nitrogens with one attached hydrogen (secondary N) is 3. The van der Waals surface area contributed by atoms with Gasteiger partial charge in [0.15, 0.2) is 0 Å². The first kappa shape index (κ1) is 35.1. The Kier molecular flexibility index (Phi) is 14.2. The van der Waals surface area contributed by atoms with Crippen LogP contribution in [0.15, 0.2) is 29.8 Å². The molecule has 0 aliphatic carbocycles. The topological polar surface area (TPSA) is 148 Å². The van der Waals surface area contributed by atoms with Crippen molar-refractivity contribution < 1.29 is 33.4 Å². The Morgan fingerprint density at radius 1 is 1.07 bits per heavy atom. The van der Waals surface area contributed by atoms with E-state index >= 15 is 0 Å². The fourth-order valence-electron chi connectivity index (χ4n) is 4.77. The van der Waals surface area contributed by atoms with Gasteiger partial charge in [0.2, 0.25) is 24.1 Å². The average Bonchev–Trinajstić information content (AvgIpc) is 3.66. The molecule has 44 heavy (non-hydrogen) atoms. The van der Waals surface area contributed by atoms with Crippen molar-refractivity contribution in [2.45, 2.75) is 59.2 Å². The van der Waals surface area contributed by atoms with Crippen LogP contribution in [-0.4, -0.2) is 98.8 Å². The van der Waals surface area contributed by atoms with Gasteiger partial charge in [-0.15, -0.1) is 11.3 Å². The van der Waals surface area contributed by atoms with E-state index in [9.17, 15) is 19.2 Å². The Morgan fingerprint density at radius 3 is 2.39 bits per heavy atom. The lowest BCUT2D eigenvalue weighted by Crippen LogP contribution is -2.58. The van der Waals surface area contributed by atoms with Crippen LogP contribution in [-0.2, 0) is 39.9 Å². The van der Waals surface area contributed by atoms with Crippen molar-refractivity contribution in [3.05, 3.63) is 41.0 Å². The van der Waals surface area contributed by atoms with E-state index in [0.717, 1.165) is 21.7 Å². The maximum Gasteiger partial charge on any atom is 0.246 e. The molecular formula is C31H45N5O7S. The van der Waals surface area contributed by atoms with E-state index in [2.05, 4.69) is 20.9 Å². The molecule has 3 rings (SSSR count). The van der Waals surface area contributed by atoms with Crippen molar-refractivity contribution in [3.8, 4) is 10.4 Å². The second-order valence-electron chi connectivity index (χ2n) is 11.6.